The summed E-state index contributed by atoms with van der Waals surface area (Å²) in [5.41, 5.74) is -0.149. The summed E-state index contributed by atoms with van der Waals surface area (Å²) < 4.78 is 25.2. The number of rotatable bonds is 7. The van der Waals surface area contributed by atoms with Gasteiger partial charge in [0.15, 0.2) is 18.7 Å². The van der Waals surface area contributed by atoms with Crippen LogP contribution in [-0.4, -0.2) is 87.5 Å². The maximum Gasteiger partial charge on any atom is 0.414 e. The highest BCUT2D eigenvalue weighted by atomic mass is 17.1. The van der Waals surface area contributed by atoms with E-state index in [2.05, 4.69) is 11.5 Å². The van der Waals surface area contributed by atoms with Crippen molar-refractivity contribution in [3.05, 3.63) is 35.9 Å². The molecule has 0 spiro atoms. The molecule has 13 heteroatoms. The van der Waals surface area contributed by atoms with Crippen LogP contribution < -0.4 is 9.64 Å². The quantitative estimate of drug-likeness (QED) is 0.115. The number of fused-ring (bicyclic) bond motifs is 2. The van der Waals surface area contributed by atoms with Crippen molar-refractivity contribution in [2.24, 2.45) is 0 Å². The lowest BCUT2D eigenvalue weighted by atomic mass is 9.94. The summed E-state index contributed by atoms with van der Waals surface area (Å²) in [6.07, 6.45) is -2.02. The first kappa shape index (κ1) is 25.0. The number of benzene rings is 1. The predicted octanol–water partition coefficient (Wildman–Crippen LogP) is 1.52. The van der Waals surface area contributed by atoms with Crippen LogP contribution in [-0.2, 0) is 28.6 Å². The monoisotopic (exact) mass is 480 g/mol. The van der Waals surface area contributed by atoms with Crippen molar-refractivity contribution in [2.75, 3.05) is 46.2 Å². The van der Waals surface area contributed by atoms with Gasteiger partial charge in [-0.25, -0.2) is 19.3 Å². The number of carbonyl (C=O) groups is 4. The van der Waals surface area contributed by atoms with Crippen LogP contribution in [0.1, 0.15) is 22.0 Å². The molecule has 3 rings (SSSR count). The van der Waals surface area contributed by atoms with E-state index in [9.17, 15) is 24.4 Å². The molecule has 2 aliphatic heterocycles. The number of nitrogens with zero attached hydrogens (tertiary/aromatic N) is 2. The Morgan fingerprint density at radius 2 is 1.91 bits per heavy atom. The summed E-state index contributed by atoms with van der Waals surface area (Å²) in [4.78, 5) is 57.5. The van der Waals surface area contributed by atoms with Gasteiger partial charge in [-0.15, -0.1) is 0 Å². The van der Waals surface area contributed by atoms with Gasteiger partial charge in [-0.05, 0) is 12.1 Å². The second-order valence-corrected chi connectivity index (χ2v) is 7.20. The van der Waals surface area contributed by atoms with E-state index in [4.69, 9.17) is 23.7 Å². The highest BCUT2D eigenvalue weighted by Crippen LogP contribution is 2.45. The number of methoxy groups -OCH3 is 3. The molecule has 0 aliphatic carbocycles. The molecule has 0 unspecified atom stereocenters. The predicted molar refractivity (Wildman–Crippen MR) is 112 cm³/mol. The lowest BCUT2D eigenvalue weighted by molar-refractivity contribution is -0.274. The lowest BCUT2D eigenvalue weighted by Gasteiger charge is -2.29. The summed E-state index contributed by atoms with van der Waals surface area (Å²) in [5, 5.41) is 9.70. The Bertz CT molecular complexity index is 995. The topological polar surface area (TPSA) is 150 Å². The third-order valence-corrected chi connectivity index (χ3v) is 5.31. The van der Waals surface area contributed by atoms with Crippen molar-refractivity contribution in [2.45, 2.75) is 18.2 Å². The summed E-state index contributed by atoms with van der Waals surface area (Å²) in [7, 11) is 3.65. The Labute approximate surface area is 194 Å². The minimum atomic E-state index is -1.69. The van der Waals surface area contributed by atoms with Gasteiger partial charge in [0.25, 0.3) is 0 Å². The minimum absolute atomic E-state index is 0.0317. The van der Waals surface area contributed by atoms with Gasteiger partial charge in [-0.1, -0.05) is 12.7 Å². The Kier molecular flexibility index (Phi) is 7.71. The highest BCUT2D eigenvalue weighted by molar-refractivity contribution is 6.03. The highest BCUT2D eigenvalue weighted by Gasteiger charge is 2.61. The Morgan fingerprint density at radius 3 is 2.50 bits per heavy atom. The van der Waals surface area contributed by atoms with E-state index in [-0.39, 0.29) is 42.5 Å². The van der Waals surface area contributed by atoms with Crippen molar-refractivity contribution >= 4 is 29.6 Å². The van der Waals surface area contributed by atoms with Crippen molar-refractivity contribution in [1.82, 2.24) is 4.90 Å². The summed E-state index contributed by atoms with van der Waals surface area (Å²) in [5.74, 6) is -1.55. The number of Topliss-reactive ketones (excluding diaryl/α,β-unsaturated/α-hetero) is 1. The standard InChI is InChI=1S/C21H24N2O11/c1-5-6-32-20(26)22-9-13-16(23(13)21(27)31-4)17(24)18(34-28)15-12(22)7-11(19(25)30-3)8-14(15)33-10-29-2/h5,7-8,13,16,18,28H,1,6,9-10H2,2-4H3/t13-,16-,18+,23?/m0/s1. The average molecular weight is 480 g/mol. The molecule has 1 fully saturated rings. The summed E-state index contributed by atoms with van der Waals surface area (Å²) in [6, 6.07) is 0.663. The SMILES string of the molecule is C=CCOC(=O)N1C[C@H]2[C@@H](C(=O)[C@H](OO)c3c(OCOC)cc(C(=O)OC)cc31)N2C(=O)OC. The Hall–Kier alpha value is -3.68. The zero-order valence-electron chi connectivity index (χ0n) is 18.7. The molecule has 13 nitrogen and oxygen atoms in total. The van der Waals surface area contributed by atoms with Crippen molar-refractivity contribution < 1.29 is 53.0 Å². The van der Waals surface area contributed by atoms with Gasteiger partial charge >= 0.3 is 18.2 Å². The van der Waals surface area contributed by atoms with Gasteiger partial charge in [0.1, 0.15) is 18.4 Å². The van der Waals surface area contributed by atoms with Gasteiger partial charge in [-0.3, -0.25) is 19.9 Å². The van der Waals surface area contributed by atoms with Crippen molar-refractivity contribution in [3.63, 3.8) is 0 Å². The normalized spacial score (nSPS) is 20.8. The molecule has 1 N–H and O–H groups in total. The van der Waals surface area contributed by atoms with Gasteiger partial charge < -0.3 is 23.7 Å². The van der Waals surface area contributed by atoms with Crippen LogP contribution in [0.5, 0.6) is 5.75 Å². The molecule has 1 aromatic carbocycles. The fourth-order valence-electron chi connectivity index (χ4n) is 3.79. The maximum absolute atomic E-state index is 13.3. The van der Waals surface area contributed by atoms with E-state index in [1.165, 1.54) is 25.3 Å². The smallest absolute Gasteiger partial charge is 0.414 e. The zero-order valence-corrected chi connectivity index (χ0v) is 18.7. The summed E-state index contributed by atoms with van der Waals surface area (Å²) >= 11 is 0. The van der Waals surface area contributed by atoms with E-state index in [0.717, 1.165) is 24.0 Å². The molecule has 0 aromatic heterocycles. The van der Waals surface area contributed by atoms with Gasteiger partial charge in [-0.2, -0.15) is 0 Å². The molecule has 184 valence electrons. The van der Waals surface area contributed by atoms with E-state index in [1.807, 2.05) is 0 Å². The number of esters is 1. The molecule has 1 saturated heterocycles. The van der Waals surface area contributed by atoms with Crippen LogP contribution >= 0.6 is 0 Å². The fraction of sp³-hybridized carbons (Fsp3) is 0.429. The number of anilines is 1. The molecular weight excluding hydrogens is 456 g/mol. The molecule has 2 heterocycles. The number of ether oxygens (including phenoxy) is 5. The van der Waals surface area contributed by atoms with Crippen LogP contribution in [0.15, 0.2) is 24.8 Å². The second kappa shape index (κ2) is 10.5. The Balaban J connectivity index is 2.24. The number of hydrogen-bond acceptors (Lipinski definition) is 11. The average Bonchev–Trinajstić information content (AvgIpc) is 3.56. The third kappa shape index (κ3) is 4.53. The Morgan fingerprint density at radius 1 is 1.18 bits per heavy atom. The molecule has 0 radical (unpaired) electrons. The van der Waals surface area contributed by atoms with Gasteiger partial charge in [0, 0.05) is 7.11 Å². The maximum atomic E-state index is 13.3. The number of carbonyl (C=O) groups excluding carboxylic acids is 4. The largest absolute Gasteiger partial charge is 0.467 e. The van der Waals surface area contributed by atoms with E-state index >= 15 is 0 Å². The molecule has 34 heavy (non-hydrogen) atoms. The lowest BCUT2D eigenvalue weighted by Crippen LogP contribution is -2.40. The molecule has 3 atom stereocenters. The van der Waals surface area contributed by atoms with Crippen LogP contribution in [0.4, 0.5) is 15.3 Å². The van der Waals surface area contributed by atoms with Crippen LogP contribution in [0.3, 0.4) is 0 Å². The summed E-state index contributed by atoms with van der Waals surface area (Å²) in [6.45, 7) is 2.87. The van der Waals surface area contributed by atoms with E-state index in [1.54, 1.807) is 0 Å². The first-order valence-electron chi connectivity index (χ1n) is 9.97. The van der Waals surface area contributed by atoms with Crippen LogP contribution in [0.25, 0.3) is 0 Å². The minimum Gasteiger partial charge on any atom is -0.467 e. The first-order valence-corrected chi connectivity index (χ1v) is 9.97. The number of hydrogen-bond donors (Lipinski definition) is 1. The van der Waals surface area contributed by atoms with Gasteiger partial charge in [0.2, 0.25) is 0 Å². The zero-order chi connectivity index (χ0) is 25.0. The molecule has 1 aromatic rings. The van der Waals surface area contributed by atoms with Crippen molar-refractivity contribution in [1.29, 1.82) is 0 Å². The number of ketones is 1. The fourth-order valence-corrected chi connectivity index (χ4v) is 3.79. The molecule has 2 amide bonds. The second-order valence-electron chi connectivity index (χ2n) is 7.20. The molecule has 0 bridgehead atoms. The molecule has 2 aliphatic rings. The molecule has 0 saturated carbocycles. The third-order valence-electron chi connectivity index (χ3n) is 5.31. The van der Waals surface area contributed by atoms with Crippen LogP contribution in [0.2, 0.25) is 0 Å². The molecular formula is C21H24N2O11. The van der Waals surface area contributed by atoms with E-state index < -0.39 is 42.1 Å². The van der Waals surface area contributed by atoms with Gasteiger partial charge in [0.05, 0.1) is 43.6 Å². The number of amides is 2. The first-order chi connectivity index (χ1) is 16.3. The van der Waals surface area contributed by atoms with Crippen molar-refractivity contribution in [3.8, 4) is 5.75 Å². The van der Waals surface area contributed by atoms with Crippen LogP contribution in [0, 0.1) is 0 Å². The van der Waals surface area contributed by atoms with E-state index in [0.29, 0.717) is 0 Å².